The third-order valence-corrected chi connectivity index (χ3v) is 4.20. The normalized spacial score (nSPS) is 18.4. The number of benzene rings is 1. The first kappa shape index (κ1) is 19.2. The summed E-state index contributed by atoms with van der Waals surface area (Å²) in [4.78, 5) is 12.0. The zero-order valence-corrected chi connectivity index (χ0v) is 14.8. The monoisotopic (exact) mass is 394 g/mol. The molecule has 1 aromatic carbocycles. The summed E-state index contributed by atoms with van der Waals surface area (Å²) in [6.07, 6.45) is 1.53. The minimum atomic E-state index is -0.617. The molecule has 0 radical (unpaired) electrons. The van der Waals surface area contributed by atoms with Gasteiger partial charge in [-0.15, -0.1) is 12.4 Å². The van der Waals surface area contributed by atoms with Gasteiger partial charge in [0, 0.05) is 6.54 Å². The number of hydrogen-bond donors (Lipinski definition) is 2. The topological polar surface area (TPSA) is 50.4 Å². The van der Waals surface area contributed by atoms with Gasteiger partial charge in [-0.2, -0.15) is 0 Å². The van der Waals surface area contributed by atoms with Gasteiger partial charge in [-0.1, -0.05) is 0 Å². The van der Waals surface area contributed by atoms with E-state index in [9.17, 15) is 9.18 Å². The molecule has 2 unspecified atom stereocenters. The SMILES string of the molecule is CC(Oc1ccc(F)cc1Br)C(=O)NCCC1CCNC1.Cl. The molecule has 1 aliphatic heterocycles. The van der Waals surface area contributed by atoms with Crippen LogP contribution in [0.2, 0.25) is 0 Å². The highest BCUT2D eigenvalue weighted by Crippen LogP contribution is 2.26. The fraction of sp³-hybridized carbons (Fsp3) is 0.533. The van der Waals surface area contributed by atoms with E-state index in [4.69, 9.17) is 4.74 Å². The van der Waals surface area contributed by atoms with E-state index in [0.717, 1.165) is 19.5 Å². The Hall–Kier alpha value is -0.850. The molecule has 4 nitrogen and oxygen atoms in total. The summed E-state index contributed by atoms with van der Waals surface area (Å²) in [7, 11) is 0. The number of carbonyl (C=O) groups excluding carboxylic acids is 1. The fourth-order valence-electron chi connectivity index (χ4n) is 2.32. The third kappa shape index (κ3) is 5.74. The predicted octanol–water partition coefficient (Wildman–Crippen LogP) is 2.89. The van der Waals surface area contributed by atoms with Crippen LogP contribution in [0, 0.1) is 11.7 Å². The van der Waals surface area contributed by atoms with Crippen molar-refractivity contribution in [3.8, 4) is 5.75 Å². The molecule has 2 rings (SSSR count). The molecule has 0 aromatic heterocycles. The molecule has 1 amide bonds. The molecule has 1 heterocycles. The van der Waals surface area contributed by atoms with Crippen LogP contribution in [-0.4, -0.2) is 31.6 Å². The van der Waals surface area contributed by atoms with Crippen LogP contribution in [-0.2, 0) is 4.79 Å². The summed E-state index contributed by atoms with van der Waals surface area (Å²) >= 11 is 3.22. The number of halogens is 3. The van der Waals surface area contributed by atoms with Crippen molar-refractivity contribution < 1.29 is 13.9 Å². The molecule has 22 heavy (non-hydrogen) atoms. The molecule has 1 aliphatic rings. The van der Waals surface area contributed by atoms with E-state index in [2.05, 4.69) is 26.6 Å². The Balaban J connectivity index is 0.00000242. The van der Waals surface area contributed by atoms with Gasteiger partial charge in [0.05, 0.1) is 4.47 Å². The van der Waals surface area contributed by atoms with Gasteiger partial charge < -0.3 is 15.4 Å². The van der Waals surface area contributed by atoms with E-state index in [1.165, 1.54) is 24.6 Å². The zero-order valence-electron chi connectivity index (χ0n) is 12.4. The summed E-state index contributed by atoms with van der Waals surface area (Å²) in [5.74, 6) is 0.598. The van der Waals surface area contributed by atoms with Crippen molar-refractivity contribution in [2.75, 3.05) is 19.6 Å². The number of nitrogens with one attached hydrogen (secondary N) is 2. The third-order valence-electron chi connectivity index (χ3n) is 3.58. The maximum Gasteiger partial charge on any atom is 0.260 e. The standard InChI is InChI=1S/C15H20BrFN2O2.ClH/c1-10(21-14-3-2-12(17)8-13(14)16)15(20)19-7-5-11-4-6-18-9-11;/h2-3,8,10-11,18H,4-7,9H2,1H3,(H,19,20);1H. The Morgan fingerprint density at radius 1 is 1.59 bits per heavy atom. The van der Waals surface area contributed by atoms with Crippen LogP contribution in [0.15, 0.2) is 22.7 Å². The van der Waals surface area contributed by atoms with E-state index < -0.39 is 6.10 Å². The first-order valence-corrected chi connectivity index (χ1v) is 7.95. The van der Waals surface area contributed by atoms with Crippen LogP contribution in [0.4, 0.5) is 4.39 Å². The molecule has 0 saturated carbocycles. The highest BCUT2D eigenvalue weighted by atomic mass is 79.9. The molecule has 124 valence electrons. The van der Waals surface area contributed by atoms with Gasteiger partial charge in [0.15, 0.2) is 6.10 Å². The maximum absolute atomic E-state index is 13.0. The summed E-state index contributed by atoms with van der Waals surface area (Å²) in [5, 5.41) is 6.18. The highest BCUT2D eigenvalue weighted by molar-refractivity contribution is 9.10. The van der Waals surface area contributed by atoms with Crippen molar-refractivity contribution in [2.24, 2.45) is 5.92 Å². The van der Waals surface area contributed by atoms with Gasteiger partial charge in [0.25, 0.3) is 5.91 Å². The van der Waals surface area contributed by atoms with Crippen molar-refractivity contribution >= 4 is 34.2 Å². The van der Waals surface area contributed by atoms with Gasteiger partial charge in [0.1, 0.15) is 11.6 Å². The zero-order chi connectivity index (χ0) is 15.2. The van der Waals surface area contributed by atoms with E-state index in [0.29, 0.717) is 22.7 Å². The number of carbonyl (C=O) groups is 1. The number of rotatable bonds is 6. The molecule has 1 fully saturated rings. The average Bonchev–Trinajstić information content (AvgIpc) is 2.95. The molecule has 7 heteroatoms. The largest absolute Gasteiger partial charge is 0.480 e. The van der Waals surface area contributed by atoms with Gasteiger partial charge in [-0.3, -0.25) is 4.79 Å². The second kappa shape index (κ2) is 9.33. The highest BCUT2D eigenvalue weighted by Gasteiger charge is 2.18. The smallest absolute Gasteiger partial charge is 0.260 e. The molecule has 0 bridgehead atoms. The van der Waals surface area contributed by atoms with E-state index in [1.54, 1.807) is 6.92 Å². The lowest BCUT2D eigenvalue weighted by molar-refractivity contribution is -0.127. The lowest BCUT2D eigenvalue weighted by Gasteiger charge is -2.16. The lowest BCUT2D eigenvalue weighted by atomic mass is 10.1. The number of hydrogen-bond acceptors (Lipinski definition) is 3. The molecule has 2 N–H and O–H groups in total. The van der Waals surface area contributed by atoms with Crippen LogP contribution in [0.1, 0.15) is 19.8 Å². The fourth-order valence-corrected chi connectivity index (χ4v) is 2.76. The van der Waals surface area contributed by atoms with Crippen LogP contribution in [0.5, 0.6) is 5.75 Å². The van der Waals surface area contributed by atoms with Crippen molar-refractivity contribution in [3.63, 3.8) is 0 Å². The lowest BCUT2D eigenvalue weighted by Crippen LogP contribution is -2.37. The van der Waals surface area contributed by atoms with Crippen molar-refractivity contribution in [1.29, 1.82) is 0 Å². The van der Waals surface area contributed by atoms with Gasteiger partial charge >= 0.3 is 0 Å². The van der Waals surface area contributed by atoms with Crippen LogP contribution >= 0.6 is 28.3 Å². The Morgan fingerprint density at radius 3 is 3.00 bits per heavy atom. The van der Waals surface area contributed by atoms with Crippen LogP contribution in [0.25, 0.3) is 0 Å². The van der Waals surface area contributed by atoms with Crippen LogP contribution < -0.4 is 15.4 Å². The minimum absolute atomic E-state index is 0. The summed E-state index contributed by atoms with van der Waals surface area (Å²) in [5.41, 5.74) is 0. The molecule has 2 atom stereocenters. The van der Waals surface area contributed by atoms with E-state index in [-0.39, 0.29) is 24.1 Å². The Morgan fingerprint density at radius 2 is 2.36 bits per heavy atom. The summed E-state index contributed by atoms with van der Waals surface area (Å²) < 4.78 is 19.0. The second-order valence-electron chi connectivity index (χ2n) is 5.27. The second-order valence-corrected chi connectivity index (χ2v) is 6.13. The van der Waals surface area contributed by atoms with Crippen molar-refractivity contribution in [1.82, 2.24) is 10.6 Å². The maximum atomic E-state index is 13.0. The van der Waals surface area contributed by atoms with Gasteiger partial charge in [-0.25, -0.2) is 4.39 Å². The molecular weight excluding hydrogens is 375 g/mol. The summed E-state index contributed by atoms with van der Waals surface area (Å²) in [6, 6.07) is 4.12. The minimum Gasteiger partial charge on any atom is -0.480 e. The molecular formula is C15H21BrClFN2O2. The Kier molecular flexibility index (Phi) is 8.14. The molecule has 1 saturated heterocycles. The predicted molar refractivity (Wildman–Crippen MR) is 90.0 cm³/mol. The number of ether oxygens (including phenoxy) is 1. The van der Waals surface area contributed by atoms with Gasteiger partial charge in [-0.05, 0) is 72.9 Å². The molecule has 1 aromatic rings. The number of amides is 1. The quantitative estimate of drug-likeness (QED) is 0.779. The van der Waals surface area contributed by atoms with Crippen molar-refractivity contribution in [3.05, 3.63) is 28.5 Å². The molecule has 0 spiro atoms. The Labute approximate surface area is 144 Å². The first-order valence-electron chi connectivity index (χ1n) is 7.16. The Bertz CT molecular complexity index is 498. The van der Waals surface area contributed by atoms with Gasteiger partial charge in [0.2, 0.25) is 0 Å². The van der Waals surface area contributed by atoms with Crippen LogP contribution in [0.3, 0.4) is 0 Å². The van der Waals surface area contributed by atoms with Crippen molar-refractivity contribution in [2.45, 2.75) is 25.9 Å². The molecule has 0 aliphatic carbocycles. The van der Waals surface area contributed by atoms with E-state index >= 15 is 0 Å². The average molecular weight is 396 g/mol. The van der Waals surface area contributed by atoms with E-state index in [1.807, 2.05) is 0 Å². The first-order chi connectivity index (χ1) is 10.1. The summed E-state index contributed by atoms with van der Waals surface area (Å²) in [6.45, 7) is 4.44.